The number of nitrogens with one attached hydrogen (secondary N) is 1. The van der Waals surface area contributed by atoms with Crippen LogP contribution in [0.5, 0.6) is 0 Å². The number of benzene rings is 1. The van der Waals surface area contributed by atoms with E-state index in [1.165, 1.54) is 12.1 Å². The van der Waals surface area contributed by atoms with Gasteiger partial charge < -0.3 is 5.32 Å². The minimum Gasteiger partial charge on any atom is -0.361 e. The quantitative estimate of drug-likeness (QED) is 0.834. The Labute approximate surface area is 93.0 Å². The third-order valence-electron chi connectivity index (χ3n) is 2.15. The highest BCUT2D eigenvalue weighted by Gasteiger charge is 2.04. The smallest absolute Gasteiger partial charge is 0.156 e. The second kappa shape index (κ2) is 5.16. The first kappa shape index (κ1) is 10.5. The summed E-state index contributed by atoms with van der Waals surface area (Å²) in [4.78, 5) is 4.36. The normalized spacial score (nSPS) is 15.9. The third-order valence-corrected chi connectivity index (χ3v) is 3.19. The van der Waals surface area contributed by atoms with Gasteiger partial charge in [-0.2, -0.15) is 0 Å². The predicted molar refractivity (Wildman–Crippen MR) is 62.6 cm³/mol. The van der Waals surface area contributed by atoms with Crippen molar-refractivity contribution in [2.24, 2.45) is 4.99 Å². The molecule has 0 fully saturated rings. The first-order valence-electron chi connectivity index (χ1n) is 5.00. The van der Waals surface area contributed by atoms with Crippen molar-refractivity contribution in [2.75, 3.05) is 12.3 Å². The molecule has 0 atom stereocenters. The summed E-state index contributed by atoms with van der Waals surface area (Å²) in [5.41, 5.74) is 1.07. The zero-order chi connectivity index (χ0) is 10.5. The van der Waals surface area contributed by atoms with E-state index < -0.39 is 0 Å². The van der Waals surface area contributed by atoms with Gasteiger partial charge in [-0.05, 0) is 24.1 Å². The number of thioether (sulfide) groups is 1. The highest BCUT2D eigenvalue weighted by Crippen LogP contribution is 2.11. The number of aliphatic imine (C=N–C) groups is 1. The Morgan fingerprint density at radius 3 is 2.80 bits per heavy atom. The summed E-state index contributed by atoms with van der Waals surface area (Å²) in [5, 5.41) is 4.25. The summed E-state index contributed by atoms with van der Waals surface area (Å²) < 4.78 is 12.6. The molecule has 1 heterocycles. The average molecular weight is 224 g/mol. The summed E-state index contributed by atoms with van der Waals surface area (Å²) >= 11 is 1.75. The van der Waals surface area contributed by atoms with Crippen molar-refractivity contribution in [3.63, 3.8) is 0 Å². The summed E-state index contributed by atoms with van der Waals surface area (Å²) in [6.07, 6.45) is 1.16. The fourth-order valence-electron chi connectivity index (χ4n) is 1.35. The van der Waals surface area contributed by atoms with Gasteiger partial charge in [-0.1, -0.05) is 23.9 Å². The molecule has 0 amide bonds. The first-order valence-corrected chi connectivity index (χ1v) is 5.99. The number of rotatable bonds is 2. The van der Waals surface area contributed by atoms with E-state index in [0.29, 0.717) is 6.54 Å². The van der Waals surface area contributed by atoms with Crippen LogP contribution in [0.1, 0.15) is 12.0 Å². The van der Waals surface area contributed by atoms with Crippen molar-refractivity contribution in [3.8, 4) is 0 Å². The van der Waals surface area contributed by atoms with Crippen LogP contribution in [0, 0.1) is 5.82 Å². The molecule has 1 aromatic rings. The average Bonchev–Trinajstić information content (AvgIpc) is 2.30. The van der Waals surface area contributed by atoms with E-state index in [0.717, 1.165) is 29.4 Å². The molecule has 0 aliphatic carbocycles. The molecule has 2 rings (SSSR count). The Balaban J connectivity index is 1.87. The number of nitrogens with zero attached hydrogens (tertiary/aromatic N) is 1. The molecule has 0 bridgehead atoms. The van der Waals surface area contributed by atoms with Crippen molar-refractivity contribution in [1.29, 1.82) is 0 Å². The SMILES string of the molecule is Fc1ccc(CNC2=NCCCS2)cc1. The van der Waals surface area contributed by atoms with E-state index in [4.69, 9.17) is 0 Å². The number of amidine groups is 1. The molecule has 1 aliphatic heterocycles. The molecule has 1 aliphatic rings. The molecule has 0 unspecified atom stereocenters. The van der Waals surface area contributed by atoms with Crippen LogP contribution in [-0.4, -0.2) is 17.5 Å². The van der Waals surface area contributed by atoms with Gasteiger partial charge in [-0.3, -0.25) is 4.99 Å². The van der Waals surface area contributed by atoms with Crippen molar-refractivity contribution < 1.29 is 4.39 Å². The maximum absolute atomic E-state index is 12.6. The van der Waals surface area contributed by atoms with Gasteiger partial charge in [0.2, 0.25) is 0 Å². The Hall–Kier alpha value is -1.03. The minimum atomic E-state index is -0.192. The van der Waals surface area contributed by atoms with E-state index in [2.05, 4.69) is 10.3 Å². The molecule has 15 heavy (non-hydrogen) atoms. The van der Waals surface area contributed by atoms with Crippen LogP contribution in [0.15, 0.2) is 29.3 Å². The van der Waals surface area contributed by atoms with Crippen LogP contribution in [-0.2, 0) is 6.54 Å². The van der Waals surface area contributed by atoms with Crippen LogP contribution in [0.3, 0.4) is 0 Å². The Kier molecular flexibility index (Phi) is 3.61. The molecule has 0 spiro atoms. The van der Waals surface area contributed by atoms with Crippen molar-refractivity contribution in [2.45, 2.75) is 13.0 Å². The monoisotopic (exact) mass is 224 g/mol. The second-order valence-electron chi connectivity index (χ2n) is 3.37. The molecule has 0 saturated carbocycles. The highest BCUT2D eigenvalue weighted by molar-refractivity contribution is 8.13. The van der Waals surface area contributed by atoms with Gasteiger partial charge in [0.1, 0.15) is 5.82 Å². The summed E-state index contributed by atoms with van der Waals surface area (Å²) in [5.74, 6) is 0.943. The largest absolute Gasteiger partial charge is 0.361 e. The number of hydrogen-bond donors (Lipinski definition) is 1. The molecular formula is C11H13FN2S. The Morgan fingerprint density at radius 1 is 1.33 bits per heavy atom. The van der Waals surface area contributed by atoms with Crippen molar-refractivity contribution in [1.82, 2.24) is 5.32 Å². The maximum Gasteiger partial charge on any atom is 0.156 e. The minimum absolute atomic E-state index is 0.192. The fraction of sp³-hybridized carbons (Fsp3) is 0.364. The fourth-order valence-corrected chi connectivity index (χ4v) is 2.17. The molecule has 2 nitrogen and oxygen atoms in total. The lowest BCUT2D eigenvalue weighted by atomic mass is 10.2. The maximum atomic E-state index is 12.6. The standard InChI is InChI=1S/C11H13FN2S/c12-10-4-2-9(3-5-10)8-14-11-13-6-1-7-15-11/h2-5H,1,6-8H2,(H,13,14). The van der Waals surface area contributed by atoms with E-state index in [9.17, 15) is 4.39 Å². The lowest BCUT2D eigenvalue weighted by molar-refractivity contribution is 0.627. The molecule has 0 saturated heterocycles. The zero-order valence-corrected chi connectivity index (χ0v) is 9.19. The van der Waals surface area contributed by atoms with Crippen LogP contribution >= 0.6 is 11.8 Å². The topological polar surface area (TPSA) is 24.4 Å². The third kappa shape index (κ3) is 3.23. The van der Waals surface area contributed by atoms with Gasteiger partial charge in [0.05, 0.1) is 0 Å². The first-order chi connectivity index (χ1) is 7.34. The number of halogens is 1. The van der Waals surface area contributed by atoms with Gasteiger partial charge in [0, 0.05) is 18.8 Å². The van der Waals surface area contributed by atoms with Gasteiger partial charge >= 0.3 is 0 Å². The lowest BCUT2D eigenvalue weighted by Crippen LogP contribution is -2.22. The molecule has 80 valence electrons. The highest BCUT2D eigenvalue weighted by atomic mass is 32.2. The molecular weight excluding hydrogens is 211 g/mol. The molecule has 4 heteroatoms. The van der Waals surface area contributed by atoms with E-state index in [-0.39, 0.29) is 5.82 Å². The van der Waals surface area contributed by atoms with Crippen LogP contribution in [0.25, 0.3) is 0 Å². The Morgan fingerprint density at radius 2 is 2.13 bits per heavy atom. The van der Waals surface area contributed by atoms with E-state index >= 15 is 0 Å². The van der Waals surface area contributed by atoms with E-state index in [1.807, 2.05) is 0 Å². The Bertz CT molecular complexity index is 348. The summed E-state index contributed by atoms with van der Waals surface area (Å²) in [6, 6.07) is 6.53. The summed E-state index contributed by atoms with van der Waals surface area (Å²) in [6.45, 7) is 1.63. The van der Waals surface area contributed by atoms with E-state index in [1.54, 1.807) is 23.9 Å². The van der Waals surface area contributed by atoms with Gasteiger partial charge in [0.15, 0.2) is 5.17 Å². The van der Waals surface area contributed by atoms with Crippen molar-refractivity contribution in [3.05, 3.63) is 35.6 Å². The van der Waals surface area contributed by atoms with Gasteiger partial charge in [-0.25, -0.2) is 4.39 Å². The number of hydrogen-bond acceptors (Lipinski definition) is 3. The molecule has 0 aromatic heterocycles. The molecule has 1 aromatic carbocycles. The van der Waals surface area contributed by atoms with Gasteiger partial charge in [-0.15, -0.1) is 0 Å². The predicted octanol–water partition coefficient (Wildman–Crippen LogP) is 2.41. The lowest BCUT2D eigenvalue weighted by Gasteiger charge is -2.13. The van der Waals surface area contributed by atoms with Gasteiger partial charge in [0.25, 0.3) is 0 Å². The molecule has 0 radical (unpaired) electrons. The van der Waals surface area contributed by atoms with Crippen LogP contribution in [0.4, 0.5) is 4.39 Å². The molecule has 1 N–H and O–H groups in total. The van der Waals surface area contributed by atoms with Crippen LogP contribution < -0.4 is 5.32 Å². The van der Waals surface area contributed by atoms with Crippen molar-refractivity contribution >= 4 is 16.9 Å². The van der Waals surface area contributed by atoms with Crippen LogP contribution in [0.2, 0.25) is 0 Å². The zero-order valence-electron chi connectivity index (χ0n) is 8.37. The second-order valence-corrected chi connectivity index (χ2v) is 4.45. The summed E-state index contributed by atoms with van der Waals surface area (Å²) in [7, 11) is 0.